The normalized spacial score (nSPS) is 10.3. The second kappa shape index (κ2) is 6.49. The molecule has 0 saturated carbocycles. The van der Waals surface area contributed by atoms with Gasteiger partial charge in [-0.3, -0.25) is 0 Å². The van der Waals surface area contributed by atoms with Crippen LogP contribution in [0, 0.1) is 6.92 Å². The second-order valence-electron chi connectivity index (χ2n) is 5.44. The molecule has 0 aliphatic heterocycles. The molecule has 3 aromatic carbocycles. The lowest BCUT2D eigenvalue weighted by molar-refractivity contribution is 0.0601. The maximum atomic E-state index is 12.3. The minimum atomic E-state index is -0.305. The molecular formula is C21H18O2. The highest BCUT2D eigenvalue weighted by molar-refractivity contribution is 6.00. The van der Waals surface area contributed by atoms with Gasteiger partial charge < -0.3 is 4.74 Å². The quantitative estimate of drug-likeness (QED) is 0.628. The van der Waals surface area contributed by atoms with E-state index in [1.54, 1.807) is 0 Å². The van der Waals surface area contributed by atoms with E-state index in [2.05, 4.69) is 18.2 Å². The van der Waals surface area contributed by atoms with Gasteiger partial charge in [-0.2, -0.15) is 0 Å². The molecule has 0 N–H and O–H groups in total. The molecule has 0 aliphatic rings. The summed E-state index contributed by atoms with van der Waals surface area (Å²) in [5.41, 5.74) is 5.67. The number of rotatable bonds is 3. The van der Waals surface area contributed by atoms with Crippen LogP contribution in [0.25, 0.3) is 22.3 Å². The van der Waals surface area contributed by atoms with E-state index in [9.17, 15) is 4.79 Å². The summed E-state index contributed by atoms with van der Waals surface area (Å²) >= 11 is 0. The molecule has 0 saturated heterocycles. The average Bonchev–Trinajstić information content (AvgIpc) is 2.62. The number of methoxy groups -OCH3 is 1. The Labute approximate surface area is 136 Å². The largest absolute Gasteiger partial charge is 0.465 e. The Morgan fingerprint density at radius 2 is 1.35 bits per heavy atom. The number of benzene rings is 3. The highest BCUT2D eigenvalue weighted by Crippen LogP contribution is 2.32. The van der Waals surface area contributed by atoms with E-state index >= 15 is 0 Å². The van der Waals surface area contributed by atoms with Gasteiger partial charge in [-0.15, -0.1) is 0 Å². The number of ether oxygens (including phenoxy) is 1. The molecule has 0 radical (unpaired) electrons. The van der Waals surface area contributed by atoms with Gasteiger partial charge in [-0.25, -0.2) is 4.79 Å². The molecule has 0 bridgehead atoms. The summed E-state index contributed by atoms with van der Waals surface area (Å²) in [6.07, 6.45) is 0. The van der Waals surface area contributed by atoms with Crippen molar-refractivity contribution in [3.63, 3.8) is 0 Å². The predicted molar refractivity (Wildman–Crippen MR) is 93.4 cm³/mol. The predicted octanol–water partition coefficient (Wildman–Crippen LogP) is 5.12. The molecule has 0 heterocycles. The molecule has 0 unspecified atom stereocenters. The first kappa shape index (κ1) is 15.0. The summed E-state index contributed by atoms with van der Waals surface area (Å²) in [6.45, 7) is 1.95. The molecule has 114 valence electrons. The molecule has 0 atom stereocenters. The lowest BCUT2D eigenvalue weighted by Crippen LogP contribution is -2.06. The van der Waals surface area contributed by atoms with E-state index in [0.717, 1.165) is 27.8 Å². The highest BCUT2D eigenvalue weighted by atomic mass is 16.5. The molecule has 3 rings (SSSR count). The first-order valence-electron chi connectivity index (χ1n) is 7.54. The third-order valence-corrected chi connectivity index (χ3v) is 3.92. The summed E-state index contributed by atoms with van der Waals surface area (Å²) in [5, 5.41) is 0. The molecule has 2 nitrogen and oxygen atoms in total. The second-order valence-corrected chi connectivity index (χ2v) is 5.44. The van der Waals surface area contributed by atoms with Crippen molar-refractivity contribution in [1.82, 2.24) is 0 Å². The van der Waals surface area contributed by atoms with Crippen molar-refractivity contribution in [2.45, 2.75) is 6.92 Å². The highest BCUT2D eigenvalue weighted by Gasteiger charge is 2.18. The summed E-state index contributed by atoms with van der Waals surface area (Å²) in [6, 6.07) is 24.2. The van der Waals surface area contributed by atoms with Gasteiger partial charge in [0, 0.05) is 0 Å². The molecule has 3 aromatic rings. The monoisotopic (exact) mass is 302 g/mol. The van der Waals surface area contributed by atoms with Gasteiger partial charge >= 0.3 is 5.97 Å². The van der Waals surface area contributed by atoms with Crippen LogP contribution in [0.3, 0.4) is 0 Å². The first-order chi connectivity index (χ1) is 11.2. The van der Waals surface area contributed by atoms with Crippen molar-refractivity contribution in [2.24, 2.45) is 0 Å². The molecule has 0 fully saturated rings. The van der Waals surface area contributed by atoms with E-state index in [0.29, 0.717) is 5.56 Å². The van der Waals surface area contributed by atoms with Gasteiger partial charge in [-0.1, -0.05) is 66.7 Å². The number of hydrogen-bond acceptors (Lipinski definition) is 2. The zero-order valence-corrected chi connectivity index (χ0v) is 13.2. The maximum absolute atomic E-state index is 12.3. The zero-order chi connectivity index (χ0) is 16.2. The Bertz CT molecular complexity index is 821. The van der Waals surface area contributed by atoms with Crippen molar-refractivity contribution < 1.29 is 9.53 Å². The SMILES string of the molecule is COC(=O)c1c(C)cc(-c2ccccc2)cc1-c1ccccc1. The number of carbonyl (C=O) groups excluding carboxylic acids is 1. The third-order valence-electron chi connectivity index (χ3n) is 3.92. The van der Waals surface area contributed by atoms with Crippen LogP contribution in [-0.2, 0) is 4.74 Å². The Morgan fingerprint density at radius 3 is 1.91 bits per heavy atom. The number of carbonyl (C=O) groups is 1. The van der Waals surface area contributed by atoms with Crippen molar-refractivity contribution in [2.75, 3.05) is 7.11 Å². The number of hydrogen-bond donors (Lipinski definition) is 0. The van der Waals surface area contributed by atoms with Crippen molar-refractivity contribution in [3.05, 3.63) is 83.9 Å². The van der Waals surface area contributed by atoms with Crippen LogP contribution in [0.2, 0.25) is 0 Å². The smallest absolute Gasteiger partial charge is 0.338 e. The maximum Gasteiger partial charge on any atom is 0.338 e. The van der Waals surface area contributed by atoms with Gasteiger partial charge in [0.25, 0.3) is 0 Å². The van der Waals surface area contributed by atoms with Crippen molar-refractivity contribution in [1.29, 1.82) is 0 Å². The van der Waals surface area contributed by atoms with Gasteiger partial charge in [0.2, 0.25) is 0 Å². The average molecular weight is 302 g/mol. The fourth-order valence-corrected chi connectivity index (χ4v) is 2.80. The zero-order valence-electron chi connectivity index (χ0n) is 13.2. The molecule has 23 heavy (non-hydrogen) atoms. The minimum absolute atomic E-state index is 0.305. The Morgan fingerprint density at radius 1 is 0.783 bits per heavy atom. The van der Waals surface area contributed by atoms with Crippen LogP contribution in [-0.4, -0.2) is 13.1 Å². The lowest BCUT2D eigenvalue weighted by atomic mass is 9.91. The summed E-state index contributed by atoms with van der Waals surface area (Å²) < 4.78 is 4.99. The van der Waals surface area contributed by atoms with E-state index < -0.39 is 0 Å². The third kappa shape index (κ3) is 3.02. The van der Waals surface area contributed by atoms with Gasteiger partial charge in [0.1, 0.15) is 0 Å². The molecule has 0 aromatic heterocycles. The van der Waals surface area contributed by atoms with Crippen molar-refractivity contribution in [3.8, 4) is 22.3 Å². The number of esters is 1. The van der Waals surface area contributed by atoms with E-state index in [4.69, 9.17) is 4.74 Å². The minimum Gasteiger partial charge on any atom is -0.465 e. The Balaban J connectivity index is 2.25. The van der Waals surface area contributed by atoms with Crippen LogP contribution in [0.15, 0.2) is 72.8 Å². The van der Waals surface area contributed by atoms with E-state index in [-0.39, 0.29) is 5.97 Å². The van der Waals surface area contributed by atoms with Gasteiger partial charge in [0.15, 0.2) is 0 Å². The van der Waals surface area contributed by atoms with Gasteiger partial charge in [-0.05, 0) is 40.8 Å². The molecule has 0 aliphatic carbocycles. The van der Waals surface area contributed by atoms with Crippen molar-refractivity contribution >= 4 is 5.97 Å². The molecule has 0 spiro atoms. The standard InChI is InChI=1S/C21H18O2/c1-15-13-18(16-9-5-3-6-10-16)14-19(20(15)21(22)23-2)17-11-7-4-8-12-17/h3-14H,1-2H3. The van der Waals surface area contributed by atoms with Crippen LogP contribution in [0.4, 0.5) is 0 Å². The van der Waals surface area contributed by atoms with E-state index in [1.807, 2.05) is 61.5 Å². The fourth-order valence-electron chi connectivity index (χ4n) is 2.80. The molecular weight excluding hydrogens is 284 g/mol. The van der Waals surface area contributed by atoms with E-state index in [1.165, 1.54) is 7.11 Å². The first-order valence-corrected chi connectivity index (χ1v) is 7.54. The number of aryl methyl sites for hydroxylation is 1. The van der Waals surface area contributed by atoms with Crippen LogP contribution in [0.1, 0.15) is 15.9 Å². The lowest BCUT2D eigenvalue weighted by Gasteiger charge is -2.14. The van der Waals surface area contributed by atoms with Crippen LogP contribution >= 0.6 is 0 Å². The summed E-state index contributed by atoms with van der Waals surface area (Å²) in [4.78, 5) is 12.3. The Kier molecular flexibility index (Phi) is 4.24. The summed E-state index contributed by atoms with van der Waals surface area (Å²) in [5.74, 6) is -0.305. The molecule has 0 amide bonds. The topological polar surface area (TPSA) is 26.3 Å². The van der Waals surface area contributed by atoms with Crippen LogP contribution < -0.4 is 0 Å². The fraction of sp³-hybridized carbons (Fsp3) is 0.0952. The van der Waals surface area contributed by atoms with Crippen LogP contribution in [0.5, 0.6) is 0 Å². The molecule has 2 heteroatoms. The van der Waals surface area contributed by atoms with Gasteiger partial charge in [0.05, 0.1) is 12.7 Å². The summed E-state index contributed by atoms with van der Waals surface area (Å²) in [7, 11) is 1.42. The Hall–Kier alpha value is -2.87.